The van der Waals surface area contributed by atoms with Crippen molar-refractivity contribution in [2.24, 2.45) is 0 Å². The lowest BCUT2D eigenvalue weighted by Crippen LogP contribution is -2.36. The van der Waals surface area contributed by atoms with E-state index in [0.29, 0.717) is 12.1 Å². The molecular weight excluding hydrogens is 247 g/mol. The number of rotatable bonds is 4. The fraction of sp³-hybridized carbons (Fsp3) is 0.500. The topological polar surface area (TPSA) is 50.4 Å². The van der Waals surface area contributed by atoms with Crippen LogP contribution in [0.25, 0.3) is 0 Å². The molecule has 104 valence electrons. The van der Waals surface area contributed by atoms with E-state index in [-0.39, 0.29) is 17.7 Å². The third kappa shape index (κ3) is 3.92. The fourth-order valence-corrected chi connectivity index (χ4v) is 2.28. The monoisotopic (exact) mass is 266 g/mol. The Morgan fingerprint density at radius 3 is 3.00 bits per heavy atom. The van der Waals surface area contributed by atoms with Crippen molar-refractivity contribution in [3.05, 3.63) is 24.0 Å². The molecule has 1 atom stereocenters. The highest BCUT2D eigenvalue weighted by molar-refractivity contribution is 5.91. The Labute approximate surface area is 112 Å². The van der Waals surface area contributed by atoms with Crippen molar-refractivity contribution in [2.45, 2.75) is 31.7 Å². The van der Waals surface area contributed by atoms with Gasteiger partial charge in [-0.2, -0.15) is 0 Å². The number of hydrogen-bond acceptors (Lipinski definition) is 3. The Bertz CT molecular complexity index is 445. The van der Waals surface area contributed by atoms with Crippen molar-refractivity contribution < 1.29 is 13.9 Å². The number of carbonyl (C=O) groups excluding carboxylic acids is 1. The van der Waals surface area contributed by atoms with Crippen LogP contribution in [0.5, 0.6) is 5.75 Å². The second-order valence-corrected chi connectivity index (χ2v) is 4.75. The Kier molecular flexibility index (Phi) is 4.74. The molecule has 1 aromatic carbocycles. The second-order valence-electron chi connectivity index (χ2n) is 4.75. The van der Waals surface area contributed by atoms with Crippen molar-refractivity contribution in [3.8, 4) is 5.75 Å². The summed E-state index contributed by atoms with van der Waals surface area (Å²) in [5, 5.41) is 6.02. The van der Waals surface area contributed by atoms with Gasteiger partial charge in [0.05, 0.1) is 7.11 Å². The Morgan fingerprint density at radius 2 is 2.37 bits per heavy atom. The maximum absolute atomic E-state index is 13.5. The van der Waals surface area contributed by atoms with E-state index in [1.807, 2.05) is 0 Å². The summed E-state index contributed by atoms with van der Waals surface area (Å²) in [4.78, 5) is 11.8. The van der Waals surface area contributed by atoms with Crippen molar-refractivity contribution in [1.82, 2.24) is 5.32 Å². The highest BCUT2D eigenvalue weighted by Gasteiger charge is 2.16. The first kappa shape index (κ1) is 13.8. The van der Waals surface area contributed by atoms with Gasteiger partial charge in [0, 0.05) is 24.2 Å². The lowest BCUT2D eigenvalue weighted by Gasteiger charge is -2.22. The molecule has 1 fully saturated rings. The zero-order valence-corrected chi connectivity index (χ0v) is 11.0. The second kappa shape index (κ2) is 6.52. The van der Waals surface area contributed by atoms with E-state index in [4.69, 9.17) is 4.74 Å². The van der Waals surface area contributed by atoms with Crippen LogP contribution in [-0.4, -0.2) is 25.6 Å². The van der Waals surface area contributed by atoms with Gasteiger partial charge in [-0.25, -0.2) is 4.39 Å². The zero-order valence-electron chi connectivity index (χ0n) is 11.0. The van der Waals surface area contributed by atoms with Gasteiger partial charge >= 0.3 is 0 Å². The molecule has 0 spiro atoms. The summed E-state index contributed by atoms with van der Waals surface area (Å²) in [7, 11) is 1.41. The molecule has 1 saturated heterocycles. The van der Waals surface area contributed by atoms with Gasteiger partial charge in [0.25, 0.3) is 0 Å². The molecule has 1 aliphatic rings. The molecular formula is C14H19FN2O2. The van der Waals surface area contributed by atoms with Gasteiger partial charge in [-0.3, -0.25) is 4.79 Å². The number of ether oxygens (including phenoxy) is 1. The predicted octanol–water partition coefficient (Wildman–Crippen LogP) is 2.30. The van der Waals surface area contributed by atoms with E-state index in [1.165, 1.54) is 25.7 Å². The molecule has 0 aliphatic carbocycles. The maximum atomic E-state index is 13.5. The molecule has 4 nitrogen and oxygen atoms in total. The first-order valence-corrected chi connectivity index (χ1v) is 6.56. The fourth-order valence-electron chi connectivity index (χ4n) is 2.28. The van der Waals surface area contributed by atoms with Gasteiger partial charge in [0.1, 0.15) is 0 Å². The summed E-state index contributed by atoms with van der Waals surface area (Å²) in [6.45, 7) is 0.967. The van der Waals surface area contributed by atoms with E-state index in [0.717, 1.165) is 19.4 Å². The number of piperidine rings is 1. The first-order chi connectivity index (χ1) is 9.19. The van der Waals surface area contributed by atoms with Gasteiger partial charge in [0.15, 0.2) is 11.6 Å². The number of benzene rings is 1. The van der Waals surface area contributed by atoms with Crippen LogP contribution in [0.4, 0.5) is 10.1 Å². The van der Waals surface area contributed by atoms with Gasteiger partial charge in [-0.05, 0) is 31.5 Å². The van der Waals surface area contributed by atoms with Crippen LogP contribution in [0.2, 0.25) is 0 Å². The standard InChI is InChI=1S/C14H19FN2O2/c1-19-13-6-5-11(8-12(13)15)17-14(18)9-10-4-2-3-7-16-10/h5-6,8,10,16H,2-4,7,9H2,1H3,(H,17,18). The van der Waals surface area contributed by atoms with Crippen molar-refractivity contribution >= 4 is 11.6 Å². The summed E-state index contributed by atoms with van der Waals surface area (Å²) in [5.74, 6) is -0.396. The van der Waals surface area contributed by atoms with Crippen LogP contribution in [-0.2, 0) is 4.79 Å². The van der Waals surface area contributed by atoms with Crippen LogP contribution >= 0.6 is 0 Å². The molecule has 1 aromatic rings. The maximum Gasteiger partial charge on any atom is 0.225 e. The Hall–Kier alpha value is -1.62. The van der Waals surface area contributed by atoms with Crippen LogP contribution in [0.15, 0.2) is 18.2 Å². The van der Waals surface area contributed by atoms with Crippen LogP contribution in [0.3, 0.4) is 0 Å². The Morgan fingerprint density at radius 1 is 1.53 bits per heavy atom. The van der Waals surface area contributed by atoms with Crippen LogP contribution in [0.1, 0.15) is 25.7 Å². The van der Waals surface area contributed by atoms with Crippen molar-refractivity contribution in [2.75, 3.05) is 19.0 Å². The van der Waals surface area contributed by atoms with E-state index < -0.39 is 5.82 Å². The number of halogens is 1. The SMILES string of the molecule is COc1ccc(NC(=O)CC2CCCCN2)cc1F. The lowest BCUT2D eigenvalue weighted by molar-refractivity contribution is -0.116. The third-order valence-electron chi connectivity index (χ3n) is 3.28. The molecule has 2 rings (SSSR count). The van der Waals surface area contributed by atoms with Gasteiger partial charge < -0.3 is 15.4 Å². The first-order valence-electron chi connectivity index (χ1n) is 6.56. The molecule has 1 heterocycles. The van der Waals surface area contributed by atoms with E-state index in [2.05, 4.69) is 10.6 Å². The summed E-state index contributed by atoms with van der Waals surface area (Å²) >= 11 is 0. The molecule has 19 heavy (non-hydrogen) atoms. The predicted molar refractivity (Wildman–Crippen MR) is 71.8 cm³/mol. The zero-order chi connectivity index (χ0) is 13.7. The number of hydrogen-bond donors (Lipinski definition) is 2. The third-order valence-corrected chi connectivity index (χ3v) is 3.28. The van der Waals surface area contributed by atoms with Gasteiger partial charge in [-0.15, -0.1) is 0 Å². The Balaban J connectivity index is 1.89. The summed E-state index contributed by atoms with van der Waals surface area (Å²) in [5.41, 5.74) is 0.458. The molecule has 0 aromatic heterocycles. The molecule has 0 bridgehead atoms. The van der Waals surface area contributed by atoms with E-state index in [9.17, 15) is 9.18 Å². The van der Waals surface area contributed by atoms with Crippen molar-refractivity contribution in [1.29, 1.82) is 0 Å². The summed E-state index contributed by atoms with van der Waals surface area (Å²) < 4.78 is 18.3. The smallest absolute Gasteiger partial charge is 0.225 e. The molecule has 1 amide bonds. The number of anilines is 1. The highest BCUT2D eigenvalue weighted by Crippen LogP contribution is 2.21. The van der Waals surface area contributed by atoms with E-state index >= 15 is 0 Å². The summed E-state index contributed by atoms with van der Waals surface area (Å²) in [6, 6.07) is 4.64. The van der Waals surface area contributed by atoms with E-state index in [1.54, 1.807) is 6.07 Å². The molecule has 0 radical (unpaired) electrons. The molecule has 1 aliphatic heterocycles. The van der Waals surface area contributed by atoms with Crippen LogP contribution in [0, 0.1) is 5.82 Å². The molecule has 0 saturated carbocycles. The summed E-state index contributed by atoms with van der Waals surface area (Å²) in [6.07, 6.45) is 3.77. The average molecular weight is 266 g/mol. The minimum atomic E-state index is -0.476. The average Bonchev–Trinajstić information content (AvgIpc) is 2.40. The largest absolute Gasteiger partial charge is 0.494 e. The molecule has 1 unspecified atom stereocenters. The number of nitrogens with one attached hydrogen (secondary N) is 2. The van der Waals surface area contributed by atoms with Gasteiger partial charge in [-0.1, -0.05) is 6.42 Å². The number of amides is 1. The van der Waals surface area contributed by atoms with Gasteiger partial charge in [0.2, 0.25) is 5.91 Å². The normalized spacial score (nSPS) is 18.9. The minimum absolute atomic E-state index is 0.0935. The molecule has 2 N–H and O–H groups in total. The number of methoxy groups -OCH3 is 1. The molecule has 5 heteroatoms. The van der Waals surface area contributed by atoms with Crippen LogP contribution < -0.4 is 15.4 Å². The lowest BCUT2D eigenvalue weighted by atomic mass is 10.0. The highest BCUT2D eigenvalue weighted by atomic mass is 19.1. The quantitative estimate of drug-likeness (QED) is 0.879. The minimum Gasteiger partial charge on any atom is -0.494 e. The number of carbonyl (C=O) groups is 1. The van der Waals surface area contributed by atoms with Crippen molar-refractivity contribution in [3.63, 3.8) is 0 Å².